The smallest absolute Gasteiger partial charge is 0.291 e. The van der Waals surface area contributed by atoms with Crippen molar-refractivity contribution in [3.8, 4) is 5.75 Å². The van der Waals surface area contributed by atoms with Crippen LogP contribution in [0.4, 0.5) is 5.69 Å². The molecule has 0 spiro atoms. The van der Waals surface area contributed by atoms with Crippen molar-refractivity contribution in [3.63, 3.8) is 0 Å². The highest BCUT2D eigenvalue weighted by Gasteiger charge is 2.27. The first kappa shape index (κ1) is 16.4. The summed E-state index contributed by atoms with van der Waals surface area (Å²) in [5.41, 5.74) is 1.88. The van der Waals surface area contributed by atoms with Crippen LogP contribution in [-0.4, -0.2) is 49.1 Å². The Bertz CT molecular complexity index is 686. The maximum absolute atomic E-state index is 12.7. The van der Waals surface area contributed by atoms with Crippen molar-refractivity contribution in [1.82, 2.24) is 9.88 Å². The molecule has 1 aliphatic rings. The average molecular weight is 329 g/mol. The van der Waals surface area contributed by atoms with Gasteiger partial charge in [-0.05, 0) is 30.2 Å². The number of anilines is 1. The van der Waals surface area contributed by atoms with Crippen LogP contribution in [0, 0.1) is 0 Å². The highest BCUT2D eigenvalue weighted by atomic mass is 16.5. The number of hydrogen-bond acceptors (Lipinski definition) is 5. The van der Waals surface area contributed by atoms with Gasteiger partial charge in [-0.25, -0.2) is 4.98 Å². The van der Waals surface area contributed by atoms with Crippen LogP contribution >= 0.6 is 0 Å². The van der Waals surface area contributed by atoms with Crippen LogP contribution in [0.2, 0.25) is 0 Å². The second-order valence-corrected chi connectivity index (χ2v) is 6.20. The first-order valence-electron chi connectivity index (χ1n) is 8.21. The SMILES string of the molecule is COc1ccc(N2CCN(C(=O)c3ocnc3C(C)C)CC2)cc1. The van der Waals surface area contributed by atoms with Crippen molar-refractivity contribution in [2.75, 3.05) is 38.2 Å². The number of nitrogens with zero attached hydrogens (tertiary/aromatic N) is 3. The van der Waals surface area contributed by atoms with Crippen LogP contribution in [0.1, 0.15) is 36.0 Å². The minimum Gasteiger partial charge on any atom is -0.497 e. The number of benzene rings is 1. The van der Waals surface area contributed by atoms with Crippen LogP contribution < -0.4 is 9.64 Å². The standard InChI is InChI=1S/C18H23N3O3/c1-13(2)16-17(24-12-19-16)18(22)21-10-8-20(9-11-21)14-4-6-15(23-3)7-5-14/h4-7,12-13H,8-11H2,1-3H3. The second kappa shape index (κ2) is 6.95. The molecular weight excluding hydrogens is 306 g/mol. The fourth-order valence-electron chi connectivity index (χ4n) is 2.93. The van der Waals surface area contributed by atoms with E-state index in [9.17, 15) is 4.79 Å². The average Bonchev–Trinajstić information content (AvgIpc) is 3.11. The van der Waals surface area contributed by atoms with Gasteiger partial charge in [0, 0.05) is 31.9 Å². The molecule has 0 N–H and O–H groups in total. The molecule has 0 saturated carbocycles. The number of carbonyl (C=O) groups excluding carboxylic acids is 1. The molecule has 2 heterocycles. The van der Waals surface area contributed by atoms with Gasteiger partial charge in [-0.15, -0.1) is 0 Å². The van der Waals surface area contributed by atoms with Gasteiger partial charge in [0.25, 0.3) is 5.91 Å². The molecule has 0 radical (unpaired) electrons. The molecule has 0 aliphatic carbocycles. The minimum atomic E-state index is -0.0643. The third-order valence-electron chi connectivity index (χ3n) is 4.34. The van der Waals surface area contributed by atoms with Gasteiger partial charge >= 0.3 is 0 Å². The van der Waals surface area contributed by atoms with E-state index in [0.29, 0.717) is 18.8 Å². The molecule has 1 fully saturated rings. The molecule has 128 valence electrons. The summed E-state index contributed by atoms with van der Waals surface area (Å²) in [4.78, 5) is 21.0. The number of methoxy groups -OCH3 is 1. The molecule has 0 bridgehead atoms. The first-order valence-corrected chi connectivity index (χ1v) is 8.21. The molecule has 0 atom stereocenters. The van der Waals surface area contributed by atoms with E-state index in [1.165, 1.54) is 6.39 Å². The Kier molecular flexibility index (Phi) is 4.74. The lowest BCUT2D eigenvalue weighted by Crippen LogP contribution is -2.48. The summed E-state index contributed by atoms with van der Waals surface area (Å²) in [5.74, 6) is 1.33. The van der Waals surface area contributed by atoms with E-state index in [0.717, 1.165) is 30.2 Å². The summed E-state index contributed by atoms with van der Waals surface area (Å²) in [6.45, 7) is 6.95. The first-order chi connectivity index (χ1) is 11.6. The van der Waals surface area contributed by atoms with Gasteiger partial charge in [0.05, 0.1) is 12.8 Å². The second-order valence-electron chi connectivity index (χ2n) is 6.20. The molecule has 1 aromatic heterocycles. The molecule has 0 unspecified atom stereocenters. The lowest BCUT2D eigenvalue weighted by Gasteiger charge is -2.35. The van der Waals surface area contributed by atoms with Gasteiger partial charge in [0.15, 0.2) is 6.39 Å². The van der Waals surface area contributed by atoms with Gasteiger partial charge in [-0.3, -0.25) is 4.79 Å². The molecule has 3 rings (SSSR count). The Morgan fingerprint density at radius 1 is 1.17 bits per heavy atom. The van der Waals surface area contributed by atoms with Gasteiger partial charge in [0.2, 0.25) is 5.76 Å². The molecule has 6 heteroatoms. The van der Waals surface area contributed by atoms with Crippen LogP contribution in [0.5, 0.6) is 5.75 Å². The number of carbonyl (C=O) groups is 1. The molecule has 1 amide bonds. The van der Waals surface area contributed by atoms with Crippen molar-refractivity contribution >= 4 is 11.6 Å². The molecule has 2 aromatic rings. The number of amides is 1. The third kappa shape index (κ3) is 3.22. The summed E-state index contributed by atoms with van der Waals surface area (Å²) in [6, 6.07) is 8.00. The normalized spacial score (nSPS) is 15.0. The lowest BCUT2D eigenvalue weighted by atomic mass is 10.1. The summed E-state index contributed by atoms with van der Waals surface area (Å²) in [7, 11) is 1.66. The molecule has 1 aliphatic heterocycles. The van der Waals surface area contributed by atoms with Gasteiger partial charge in [-0.1, -0.05) is 13.8 Å². The zero-order valence-electron chi connectivity index (χ0n) is 14.4. The van der Waals surface area contributed by atoms with Gasteiger partial charge in [0.1, 0.15) is 5.75 Å². The van der Waals surface area contributed by atoms with Crippen LogP contribution in [0.25, 0.3) is 0 Å². The van der Waals surface area contributed by atoms with Crippen molar-refractivity contribution in [2.24, 2.45) is 0 Å². The summed E-state index contributed by atoms with van der Waals surface area (Å²) in [5, 5.41) is 0. The maximum Gasteiger partial charge on any atom is 0.291 e. The lowest BCUT2D eigenvalue weighted by molar-refractivity contribution is 0.0712. The highest BCUT2D eigenvalue weighted by Crippen LogP contribution is 2.23. The maximum atomic E-state index is 12.7. The Morgan fingerprint density at radius 2 is 1.83 bits per heavy atom. The van der Waals surface area contributed by atoms with E-state index in [1.54, 1.807) is 7.11 Å². The predicted molar refractivity (Wildman–Crippen MR) is 91.7 cm³/mol. The fraction of sp³-hybridized carbons (Fsp3) is 0.444. The van der Waals surface area contributed by atoms with Crippen LogP contribution in [0.3, 0.4) is 0 Å². The van der Waals surface area contributed by atoms with Crippen molar-refractivity contribution < 1.29 is 13.9 Å². The highest BCUT2D eigenvalue weighted by molar-refractivity contribution is 5.92. The topological polar surface area (TPSA) is 58.8 Å². The van der Waals surface area contributed by atoms with Crippen molar-refractivity contribution in [3.05, 3.63) is 42.1 Å². The quantitative estimate of drug-likeness (QED) is 0.863. The number of aromatic nitrogens is 1. The number of piperazine rings is 1. The summed E-state index contributed by atoms with van der Waals surface area (Å²) in [6.07, 6.45) is 1.36. The van der Waals surface area contributed by atoms with E-state index in [2.05, 4.69) is 9.88 Å². The fourth-order valence-corrected chi connectivity index (χ4v) is 2.93. The van der Waals surface area contributed by atoms with Gasteiger partial charge in [-0.2, -0.15) is 0 Å². The summed E-state index contributed by atoms with van der Waals surface area (Å²) >= 11 is 0. The molecule has 1 saturated heterocycles. The summed E-state index contributed by atoms with van der Waals surface area (Å²) < 4.78 is 10.5. The van der Waals surface area contributed by atoms with Crippen LogP contribution in [0.15, 0.2) is 35.1 Å². The number of rotatable bonds is 4. The molecule has 1 aromatic carbocycles. The molecular formula is C18H23N3O3. The van der Waals surface area contributed by atoms with Crippen molar-refractivity contribution in [1.29, 1.82) is 0 Å². The minimum absolute atomic E-state index is 0.0643. The Morgan fingerprint density at radius 3 is 2.42 bits per heavy atom. The zero-order chi connectivity index (χ0) is 17.1. The van der Waals surface area contributed by atoms with Gasteiger partial charge < -0.3 is 19.0 Å². The Labute approximate surface area is 142 Å². The van der Waals surface area contributed by atoms with E-state index in [4.69, 9.17) is 9.15 Å². The number of hydrogen-bond donors (Lipinski definition) is 0. The third-order valence-corrected chi connectivity index (χ3v) is 4.34. The Balaban J connectivity index is 1.64. The molecule has 24 heavy (non-hydrogen) atoms. The zero-order valence-corrected chi connectivity index (χ0v) is 14.4. The molecule has 6 nitrogen and oxygen atoms in total. The monoisotopic (exact) mass is 329 g/mol. The van der Waals surface area contributed by atoms with Crippen LogP contribution in [-0.2, 0) is 0 Å². The van der Waals surface area contributed by atoms with E-state index >= 15 is 0 Å². The number of ether oxygens (including phenoxy) is 1. The Hall–Kier alpha value is -2.50. The largest absolute Gasteiger partial charge is 0.497 e. The van der Waals surface area contributed by atoms with E-state index in [1.807, 2.05) is 43.0 Å². The predicted octanol–water partition coefficient (Wildman–Crippen LogP) is 2.77. The number of oxazole rings is 1. The van der Waals surface area contributed by atoms with E-state index < -0.39 is 0 Å². The van der Waals surface area contributed by atoms with E-state index in [-0.39, 0.29) is 11.8 Å². The van der Waals surface area contributed by atoms with Crippen molar-refractivity contribution in [2.45, 2.75) is 19.8 Å².